The second kappa shape index (κ2) is 9.27. The van der Waals surface area contributed by atoms with Crippen LogP contribution in [0.25, 0.3) is 0 Å². The van der Waals surface area contributed by atoms with Crippen molar-refractivity contribution < 1.29 is 35.1 Å². The molecule has 4 saturated carbocycles. The smallest absolute Gasteiger partial charge is 0.155 e. The summed E-state index contributed by atoms with van der Waals surface area (Å²) in [5.74, 6) is -0.114. The molecule has 4 aliphatic carbocycles. The zero-order valence-electron chi connectivity index (χ0n) is 22.6. The number of carbonyl (C=O) groups excluding carboxylic acids is 1. The quantitative estimate of drug-likeness (QED) is 0.396. The van der Waals surface area contributed by atoms with Gasteiger partial charge in [-0.3, -0.25) is 4.79 Å². The van der Waals surface area contributed by atoms with Crippen molar-refractivity contribution in [3.63, 3.8) is 0 Å². The largest absolute Gasteiger partial charge is 0.393 e. The molecule has 7 nitrogen and oxygen atoms in total. The first-order chi connectivity index (χ1) is 16.8. The van der Waals surface area contributed by atoms with Gasteiger partial charge < -0.3 is 30.3 Å². The molecule has 7 heteroatoms. The summed E-state index contributed by atoms with van der Waals surface area (Å²) in [6, 6.07) is 0. The second-order valence-corrected chi connectivity index (χ2v) is 14.0. The van der Waals surface area contributed by atoms with E-state index in [9.17, 15) is 30.3 Å². The summed E-state index contributed by atoms with van der Waals surface area (Å²) in [5.41, 5.74) is -0.977. The summed E-state index contributed by atoms with van der Waals surface area (Å²) in [5, 5.41) is 54.7. The van der Waals surface area contributed by atoms with E-state index in [1.54, 1.807) is 0 Å². The maximum Gasteiger partial charge on any atom is 0.155 e. The lowest BCUT2D eigenvalue weighted by molar-refractivity contribution is -0.252. The number of ketones is 1. The number of aliphatic hydroxyl groups is 5. The fourth-order valence-electron chi connectivity index (χ4n) is 10.0. The number of rotatable bonds is 3. The predicted molar refractivity (Wildman–Crippen MR) is 133 cm³/mol. The molecule has 0 bridgehead atoms. The SMILES string of the molecule is CC(C)C1CC(O)OC([C@H](C)C2CC(=O)C3C4C(CC[C@@]32C)[C@]2(C)C(C[C@H](O)C[C@@H]2O)[C@@H](O)[C@@H]4O)C1. The Morgan fingerprint density at radius 3 is 2.28 bits per heavy atom. The van der Waals surface area contributed by atoms with E-state index in [4.69, 9.17) is 4.74 Å². The van der Waals surface area contributed by atoms with E-state index in [0.717, 1.165) is 19.3 Å². The Balaban J connectivity index is 1.45. The molecular weight excluding hydrogens is 460 g/mol. The van der Waals surface area contributed by atoms with Crippen molar-refractivity contribution in [3.8, 4) is 0 Å². The van der Waals surface area contributed by atoms with Gasteiger partial charge in [-0.1, -0.05) is 34.6 Å². The molecule has 1 saturated heterocycles. The minimum atomic E-state index is -1.07. The Morgan fingerprint density at radius 1 is 0.917 bits per heavy atom. The number of ether oxygens (including phenoxy) is 1. The normalized spacial score (nSPS) is 56.1. The van der Waals surface area contributed by atoms with E-state index in [0.29, 0.717) is 31.1 Å². The standard InChI is InChI=1S/C29H48O7/c1-13(2)15-8-21(36-23(33)9-15)14(3)18-12-20(31)25-24-17(6-7-28(18,25)4)29(5)19(26(34)27(24)35)10-16(30)11-22(29)32/h13-19,21-27,30,32-35H,6-12H2,1-5H3/t14-,15?,16+,17?,18?,19?,21?,22+,23?,24?,25?,26-,27-,28-,29-/m1/s1. The highest BCUT2D eigenvalue weighted by Gasteiger charge is 2.69. The Morgan fingerprint density at radius 2 is 1.61 bits per heavy atom. The van der Waals surface area contributed by atoms with Gasteiger partial charge >= 0.3 is 0 Å². The monoisotopic (exact) mass is 508 g/mol. The highest BCUT2D eigenvalue weighted by Crippen LogP contribution is 2.67. The van der Waals surface area contributed by atoms with Gasteiger partial charge in [0.25, 0.3) is 0 Å². The van der Waals surface area contributed by atoms with Crippen LogP contribution >= 0.6 is 0 Å². The first-order valence-corrected chi connectivity index (χ1v) is 14.4. The molecule has 5 N–H and O–H groups in total. The van der Waals surface area contributed by atoms with Gasteiger partial charge in [-0.15, -0.1) is 0 Å². The van der Waals surface area contributed by atoms with Gasteiger partial charge in [-0.2, -0.15) is 0 Å². The lowest BCUT2D eigenvalue weighted by Crippen LogP contribution is -2.68. The van der Waals surface area contributed by atoms with Crippen LogP contribution in [0, 0.1) is 58.2 Å². The molecule has 1 aliphatic heterocycles. The average Bonchev–Trinajstić information content (AvgIpc) is 3.08. The van der Waals surface area contributed by atoms with E-state index >= 15 is 0 Å². The van der Waals surface area contributed by atoms with E-state index in [-0.39, 0.29) is 47.4 Å². The molecule has 0 aromatic rings. The molecule has 0 aromatic heterocycles. The molecule has 36 heavy (non-hydrogen) atoms. The molecule has 5 aliphatic rings. The molecule has 15 atom stereocenters. The zero-order chi connectivity index (χ0) is 26.3. The van der Waals surface area contributed by atoms with Crippen molar-refractivity contribution >= 4 is 5.78 Å². The van der Waals surface area contributed by atoms with Crippen LogP contribution in [0.5, 0.6) is 0 Å². The van der Waals surface area contributed by atoms with Crippen LogP contribution in [0.2, 0.25) is 0 Å². The molecule has 1 heterocycles. The summed E-state index contributed by atoms with van der Waals surface area (Å²) in [6.07, 6.45) is -0.286. The van der Waals surface area contributed by atoms with Crippen LogP contribution in [-0.2, 0) is 9.53 Å². The lowest BCUT2D eigenvalue weighted by atomic mass is 9.42. The van der Waals surface area contributed by atoms with Crippen LogP contribution in [-0.4, -0.2) is 68.1 Å². The van der Waals surface area contributed by atoms with Gasteiger partial charge in [-0.25, -0.2) is 0 Å². The van der Waals surface area contributed by atoms with Crippen LogP contribution in [0.15, 0.2) is 0 Å². The molecular formula is C29H48O7. The minimum Gasteiger partial charge on any atom is -0.393 e. The highest BCUT2D eigenvalue weighted by atomic mass is 16.6. The van der Waals surface area contributed by atoms with Gasteiger partial charge in [0.2, 0.25) is 0 Å². The van der Waals surface area contributed by atoms with Gasteiger partial charge in [0.05, 0.1) is 30.5 Å². The lowest BCUT2D eigenvalue weighted by Gasteiger charge is -2.64. The molecule has 8 unspecified atom stereocenters. The predicted octanol–water partition coefficient (Wildman–Crippen LogP) is 2.50. The van der Waals surface area contributed by atoms with Gasteiger partial charge in [0.15, 0.2) is 6.29 Å². The van der Waals surface area contributed by atoms with E-state index in [2.05, 4.69) is 27.7 Å². The molecule has 5 rings (SSSR count). The highest BCUT2D eigenvalue weighted by molar-refractivity contribution is 5.85. The van der Waals surface area contributed by atoms with Crippen molar-refractivity contribution in [2.75, 3.05) is 0 Å². The van der Waals surface area contributed by atoms with Crippen LogP contribution in [0.3, 0.4) is 0 Å². The third-order valence-electron chi connectivity index (χ3n) is 12.2. The number of hydrogen-bond acceptors (Lipinski definition) is 7. The summed E-state index contributed by atoms with van der Waals surface area (Å²) >= 11 is 0. The first-order valence-electron chi connectivity index (χ1n) is 14.4. The van der Waals surface area contributed by atoms with E-state index < -0.39 is 48.0 Å². The third-order valence-corrected chi connectivity index (χ3v) is 12.2. The number of Topliss-reactive ketones (excluding diaryl/α,β-unsaturated/α-hetero) is 1. The molecule has 206 valence electrons. The van der Waals surface area contributed by atoms with Crippen molar-refractivity contribution in [2.24, 2.45) is 58.2 Å². The van der Waals surface area contributed by atoms with Crippen molar-refractivity contribution in [2.45, 2.75) is 116 Å². The van der Waals surface area contributed by atoms with Gasteiger partial charge in [0, 0.05) is 30.1 Å². The Hall–Kier alpha value is -0.570. The topological polar surface area (TPSA) is 127 Å². The van der Waals surface area contributed by atoms with Crippen molar-refractivity contribution in [1.29, 1.82) is 0 Å². The van der Waals surface area contributed by atoms with Crippen LogP contribution < -0.4 is 0 Å². The Bertz CT molecular complexity index is 847. The zero-order valence-corrected chi connectivity index (χ0v) is 22.6. The molecule has 0 amide bonds. The third kappa shape index (κ3) is 3.86. The minimum absolute atomic E-state index is 0.0760. The second-order valence-electron chi connectivity index (χ2n) is 14.0. The summed E-state index contributed by atoms with van der Waals surface area (Å²) < 4.78 is 6.05. The fraction of sp³-hybridized carbons (Fsp3) is 0.966. The number of hydrogen-bond donors (Lipinski definition) is 5. The summed E-state index contributed by atoms with van der Waals surface area (Å²) in [4.78, 5) is 13.8. The fourth-order valence-corrected chi connectivity index (χ4v) is 10.0. The number of fused-ring (bicyclic) bond motifs is 5. The Kier molecular flexibility index (Phi) is 6.96. The van der Waals surface area contributed by atoms with E-state index in [1.165, 1.54) is 0 Å². The van der Waals surface area contributed by atoms with Crippen molar-refractivity contribution in [1.82, 2.24) is 0 Å². The molecule has 5 fully saturated rings. The maximum atomic E-state index is 13.8. The van der Waals surface area contributed by atoms with Gasteiger partial charge in [-0.05, 0) is 73.0 Å². The molecule has 0 spiro atoms. The van der Waals surface area contributed by atoms with Gasteiger partial charge in [0.1, 0.15) is 5.78 Å². The average molecular weight is 509 g/mol. The first kappa shape index (κ1) is 27.0. The van der Waals surface area contributed by atoms with E-state index in [1.807, 2.05) is 6.92 Å². The molecule has 0 aromatic carbocycles. The van der Waals surface area contributed by atoms with Crippen molar-refractivity contribution in [3.05, 3.63) is 0 Å². The summed E-state index contributed by atoms with van der Waals surface area (Å²) in [7, 11) is 0. The number of carbonyl (C=O) groups is 1. The number of aliphatic hydroxyl groups excluding tert-OH is 5. The van der Waals surface area contributed by atoms with Crippen LogP contribution in [0.1, 0.15) is 79.6 Å². The summed E-state index contributed by atoms with van der Waals surface area (Å²) in [6.45, 7) is 10.7. The molecule has 0 radical (unpaired) electrons. The van der Waals surface area contributed by atoms with Crippen LogP contribution in [0.4, 0.5) is 0 Å². The maximum absolute atomic E-state index is 13.8. The Labute approximate surface area is 215 Å².